The maximum absolute atomic E-state index is 12.9. The van der Waals surface area contributed by atoms with E-state index in [1.165, 1.54) is 66.9 Å². The Hall–Kier alpha value is -3.47. The molecule has 0 fully saturated rings. The van der Waals surface area contributed by atoms with E-state index in [1.54, 1.807) is 12.1 Å². The van der Waals surface area contributed by atoms with Crippen LogP contribution in [0.5, 0.6) is 11.5 Å². The van der Waals surface area contributed by atoms with Crippen LogP contribution in [0.15, 0.2) is 72.8 Å². The van der Waals surface area contributed by atoms with Crippen molar-refractivity contribution in [2.75, 3.05) is 0 Å². The molecule has 3 aromatic rings. The molecule has 0 aromatic heterocycles. The molecule has 154 valence electrons. The molecular weight excluding hydrogens is 383 g/mol. The summed E-state index contributed by atoms with van der Waals surface area (Å²) in [5.41, 5.74) is 1.95. The van der Waals surface area contributed by atoms with Gasteiger partial charge >= 0.3 is 11.9 Å². The molecular formula is C25H23FO4. The van der Waals surface area contributed by atoms with Gasteiger partial charge in [0.05, 0.1) is 11.1 Å². The summed E-state index contributed by atoms with van der Waals surface area (Å²) in [4.78, 5) is 24.5. The largest absolute Gasteiger partial charge is 0.423 e. The van der Waals surface area contributed by atoms with Crippen LogP contribution in [-0.4, -0.2) is 11.9 Å². The Morgan fingerprint density at radius 1 is 0.700 bits per heavy atom. The predicted molar refractivity (Wildman–Crippen MR) is 112 cm³/mol. The van der Waals surface area contributed by atoms with Crippen LogP contribution in [0, 0.1) is 5.82 Å². The van der Waals surface area contributed by atoms with Crippen LogP contribution in [-0.2, 0) is 6.42 Å². The zero-order valence-corrected chi connectivity index (χ0v) is 16.8. The minimum Gasteiger partial charge on any atom is -0.423 e. The number of aryl methyl sites for hydroxylation is 1. The Morgan fingerprint density at radius 3 is 1.67 bits per heavy atom. The number of carbonyl (C=O) groups excluding carboxylic acids is 2. The van der Waals surface area contributed by atoms with Crippen molar-refractivity contribution < 1.29 is 23.5 Å². The minimum atomic E-state index is -0.585. The van der Waals surface area contributed by atoms with Gasteiger partial charge in [-0.1, -0.05) is 31.9 Å². The Labute approximate surface area is 175 Å². The number of hydrogen-bond donors (Lipinski definition) is 0. The maximum Gasteiger partial charge on any atom is 0.343 e. The van der Waals surface area contributed by atoms with Crippen molar-refractivity contribution in [2.45, 2.75) is 32.6 Å². The smallest absolute Gasteiger partial charge is 0.343 e. The molecule has 3 aromatic carbocycles. The summed E-state index contributed by atoms with van der Waals surface area (Å²) in [5, 5.41) is 0. The summed E-state index contributed by atoms with van der Waals surface area (Å²) in [7, 11) is 0. The monoisotopic (exact) mass is 406 g/mol. The van der Waals surface area contributed by atoms with Crippen molar-refractivity contribution in [3.8, 4) is 11.5 Å². The van der Waals surface area contributed by atoms with Gasteiger partial charge in [-0.05, 0) is 79.1 Å². The van der Waals surface area contributed by atoms with Gasteiger partial charge in [0.2, 0.25) is 0 Å². The van der Waals surface area contributed by atoms with Crippen molar-refractivity contribution in [1.82, 2.24) is 0 Å². The third-order valence-electron chi connectivity index (χ3n) is 4.58. The van der Waals surface area contributed by atoms with Gasteiger partial charge in [-0.15, -0.1) is 0 Å². The normalized spacial score (nSPS) is 10.5. The van der Waals surface area contributed by atoms with Crippen molar-refractivity contribution in [2.24, 2.45) is 0 Å². The number of esters is 2. The van der Waals surface area contributed by atoms with E-state index in [9.17, 15) is 14.0 Å². The molecule has 0 N–H and O–H groups in total. The van der Waals surface area contributed by atoms with E-state index in [0.717, 1.165) is 12.8 Å². The first-order valence-electron chi connectivity index (χ1n) is 9.94. The Bertz CT molecular complexity index is 977. The molecule has 0 aliphatic heterocycles. The fourth-order valence-electron chi connectivity index (χ4n) is 2.88. The number of benzene rings is 3. The van der Waals surface area contributed by atoms with Crippen molar-refractivity contribution in [3.63, 3.8) is 0 Å². The average Bonchev–Trinajstić information content (AvgIpc) is 2.76. The van der Waals surface area contributed by atoms with Gasteiger partial charge in [-0.2, -0.15) is 0 Å². The molecule has 0 amide bonds. The second-order valence-electron chi connectivity index (χ2n) is 6.91. The molecule has 0 saturated carbocycles. The molecule has 0 radical (unpaired) electrons. The van der Waals surface area contributed by atoms with Gasteiger partial charge in [0, 0.05) is 0 Å². The Balaban J connectivity index is 1.56. The van der Waals surface area contributed by atoms with E-state index in [-0.39, 0.29) is 11.3 Å². The average molecular weight is 406 g/mol. The van der Waals surface area contributed by atoms with Gasteiger partial charge in [0.15, 0.2) is 0 Å². The number of unbranched alkanes of at least 4 members (excludes halogenated alkanes) is 2. The first-order chi connectivity index (χ1) is 14.5. The van der Waals surface area contributed by atoms with E-state index in [1.807, 2.05) is 12.1 Å². The summed E-state index contributed by atoms with van der Waals surface area (Å²) in [6, 6.07) is 18.6. The number of rotatable bonds is 8. The lowest BCUT2D eigenvalue weighted by Gasteiger charge is -2.07. The minimum absolute atomic E-state index is 0.245. The lowest BCUT2D eigenvalue weighted by atomic mass is 10.1. The van der Waals surface area contributed by atoms with E-state index >= 15 is 0 Å². The zero-order chi connectivity index (χ0) is 21.3. The van der Waals surface area contributed by atoms with Crippen molar-refractivity contribution >= 4 is 11.9 Å². The molecule has 0 heterocycles. The van der Waals surface area contributed by atoms with Crippen molar-refractivity contribution in [1.29, 1.82) is 0 Å². The highest BCUT2D eigenvalue weighted by Crippen LogP contribution is 2.18. The van der Waals surface area contributed by atoms with Gasteiger partial charge in [-0.25, -0.2) is 14.0 Å². The third kappa shape index (κ3) is 6.01. The first kappa shape index (κ1) is 21.2. The SMILES string of the molecule is CCCCCc1ccc(C(=O)Oc2ccc(C(=O)Oc3ccc(F)cc3)cc2)cc1. The summed E-state index contributed by atoms with van der Waals surface area (Å²) in [5.74, 6) is -0.887. The molecule has 5 heteroatoms. The molecule has 0 saturated heterocycles. The van der Waals surface area contributed by atoms with Crippen LogP contribution in [0.1, 0.15) is 52.5 Å². The molecule has 0 bridgehead atoms. The van der Waals surface area contributed by atoms with Crippen LogP contribution in [0.4, 0.5) is 4.39 Å². The molecule has 4 nitrogen and oxygen atoms in total. The number of ether oxygens (including phenoxy) is 2. The highest BCUT2D eigenvalue weighted by atomic mass is 19.1. The first-order valence-corrected chi connectivity index (χ1v) is 9.94. The van der Waals surface area contributed by atoms with Crippen LogP contribution in [0.3, 0.4) is 0 Å². The van der Waals surface area contributed by atoms with Gasteiger partial charge in [0.25, 0.3) is 0 Å². The van der Waals surface area contributed by atoms with Gasteiger partial charge < -0.3 is 9.47 Å². The molecule has 0 atom stereocenters. The molecule has 0 aliphatic rings. The van der Waals surface area contributed by atoms with Crippen LogP contribution in [0.2, 0.25) is 0 Å². The summed E-state index contributed by atoms with van der Waals surface area (Å²) in [6.45, 7) is 2.17. The van der Waals surface area contributed by atoms with Crippen LogP contribution < -0.4 is 9.47 Å². The van der Waals surface area contributed by atoms with Gasteiger partial charge in [-0.3, -0.25) is 0 Å². The molecule has 3 rings (SSSR count). The van der Waals surface area contributed by atoms with E-state index < -0.39 is 17.8 Å². The maximum atomic E-state index is 12.9. The molecule has 0 spiro atoms. The molecule has 0 unspecified atom stereocenters. The Kier molecular flexibility index (Phi) is 7.33. The number of carbonyl (C=O) groups is 2. The highest BCUT2D eigenvalue weighted by Gasteiger charge is 2.12. The third-order valence-corrected chi connectivity index (χ3v) is 4.58. The lowest BCUT2D eigenvalue weighted by molar-refractivity contribution is 0.0730. The van der Waals surface area contributed by atoms with Gasteiger partial charge in [0.1, 0.15) is 17.3 Å². The van der Waals surface area contributed by atoms with E-state index in [0.29, 0.717) is 11.3 Å². The van der Waals surface area contributed by atoms with Crippen molar-refractivity contribution in [3.05, 3.63) is 95.3 Å². The number of hydrogen-bond acceptors (Lipinski definition) is 4. The predicted octanol–water partition coefficient (Wildman–Crippen LogP) is 6.00. The molecule has 30 heavy (non-hydrogen) atoms. The summed E-state index contributed by atoms with van der Waals surface area (Å²) in [6.07, 6.45) is 4.50. The van der Waals surface area contributed by atoms with E-state index in [2.05, 4.69) is 6.92 Å². The second kappa shape index (κ2) is 10.3. The second-order valence-corrected chi connectivity index (χ2v) is 6.91. The fourth-order valence-corrected chi connectivity index (χ4v) is 2.88. The topological polar surface area (TPSA) is 52.6 Å². The summed E-state index contributed by atoms with van der Waals surface area (Å²) >= 11 is 0. The lowest BCUT2D eigenvalue weighted by Crippen LogP contribution is -2.10. The fraction of sp³-hybridized carbons (Fsp3) is 0.200. The molecule has 0 aliphatic carbocycles. The standard InChI is InChI=1S/C25H23FO4/c1-2-3-4-5-18-6-8-19(9-7-18)24(27)29-22-14-10-20(11-15-22)25(28)30-23-16-12-21(26)13-17-23/h6-17H,2-5H2,1H3. The quantitative estimate of drug-likeness (QED) is 0.262. The Morgan fingerprint density at radius 2 is 1.17 bits per heavy atom. The van der Waals surface area contributed by atoms with Crippen LogP contribution >= 0.6 is 0 Å². The highest BCUT2D eigenvalue weighted by molar-refractivity contribution is 5.92. The van der Waals surface area contributed by atoms with Crippen LogP contribution in [0.25, 0.3) is 0 Å². The zero-order valence-electron chi connectivity index (χ0n) is 16.8. The summed E-state index contributed by atoms with van der Waals surface area (Å²) < 4.78 is 23.5. The van der Waals surface area contributed by atoms with E-state index in [4.69, 9.17) is 9.47 Å². The number of halogens is 1.